The zero-order valence-corrected chi connectivity index (χ0v) is 14.5. The molecule has 1 aromatic carbocycles. The van der Waals surface area contributed by atoms with Crippen LogP contribution in [0.15, 0.2) is 24.3 Å². The number of benzene rings is 1. The van der Waals surface area contributed by atoms with Crippen LogP contribution < -0.4 is 11.1 Å². The number of anilines is 2. The highest BCUT2D eigenvalue weighted by atomic mass is 28.4. The second-order valence-electron chi connectivity index (χ2n) is 4.63. The molecule has 0 saturated heterocycles. The Bertz CT molecular complexity index is 383. The summed E-state index contributed by atoms with van der Waals surface area (Å²) >= 11 is 0. The first-order chi connectivity index (χ1) is 10.1. The van der Waals surface area contributed by atoms with Crippen molar-refractivity contribution in [2.75, 3.05) is 30.9 Å². The second kappa shape index (κ2) is 9.04. The van der Waals surface area contributed by atoms with E-state index in [2.05, 4.69) is 12.2 Å². The van der Waals surface area contributed by atoms with Crippen LogP contribution in [0.3, 0.4) is 0 Å². The molecule has 0 aromatic heterocycles. The lowest BCUT2D eigenvalue weighted by Crippen LogP contribution is -2.59. The van der Waals surface area contributed by atoms with Gasteiger partial charge in [-0.05, 0) is 51.5 Å². The van der Waals surface area contributed by atoms with Crippen molar-refractivity contribution in [3.8, 4) is 0 Å². The average molecular weight is 312 g/mol. The molecule has 0 aliphatic heterocycles. The van der Waals surface area contributed by atoms with Crippen LogP contribution in [0.4, 0.5) is 11.4 Å². The smallest absolute Gasteiger partial charge is 0.399 e. The SMILES string of the molecule is CCO[Si](OCC)(OCC)C(CC)Nc1ccc(N)cc1. The van der Waals surface area contributed by atoms with Crippen LogP contribution in [0.1, 0.15) is 34.1 Å². The molecule has 0 fully saturated rings. The molecule has 5 nitrogen and oxygen atoms in total. The van der Waals surface area contributed by atoms with Crippen LogP contribution in [0, 0.1) is 0 Å². The minimum absolute atomic E-state index is 0.0148. The molecule has 21 heavy (non-hydrogen) atoms. The van der Waals surface area contributed by atoms with Crippen LogP contribution in [-0.2, 0) is 13.3 Å². The molecular weight excluding hydrogens is 284 g/mol. The van der Waals surface area contributed by atoms with E-state index < -0.39 is 8.80 Å². The first-order valence-electron chi connectivity index (χ1n) is 7.65. The molecule has 1 rings (SSSR count). The van der Waals surface area contributed by atoms with Crippen molar-refractivity contribution in [1.29, 1.82) is 0 Å². The molecule has 0 aliphatic rings. The topological polar surface area (TPSA) is 65.7 Å². The Hall–Kier alpha value is -1.08. The Morgan fingerprint density at radius 3 is 1.81 bits per heavy atom. The third-order valence-electron chi connectivity index (χ3n) is 3.12. The Morgan fingerprint density at radius 2 is 1.43 bits per heavy atom. The minimum Gasteiger partial charge on any atom is -0.399 e. The van der Waals surface area contributed by atoms with Gasteiger partial charge in [-0.25, -0.2) is 0 Å². The summed E-state index contributed by atoms with van der Waals surface area (Å²) in [6.07, 6.45) is 0.858. The Balaban J connectivity index is 2.95. The molecule has 6 heteroatoms. The molecule has 0 aliphatic carbocycles. The fourth-order valence-electron chi connectivity index (χ4n) is 2.25. The van der Waals surface area contributed by atoms with Crippen molar-refractivity contribution < 1.29 is 13.3 Å². The molecule has 0 radical (unpaired) electrons. The highest BCUT2D eigenvalue weighted by Gasteiger charge is 2.48. The van der Waals surface area contributed by atoms with Crippen molar-refractivity contribution in [2.45, 2.75) is 39.8 Å². The standard InChI is InChI=1S/C15H28N2O3Si/c1-5-15(17-14-11-9-13(16)10-12-14)21(18-6-2,19-7-3)20-8-4/h9-12,15,17H,5-8,16H2,1-4H3. The van der Waals surface area contributed by atoms with Crippen molar-refractivity contribution in [3.63, 3.8) is 0 Å². The number of hydrogen-bond acceptors (Lipinski definition) is 5. The van der Waals surface area contributed by atoms with E-state index in [1.165, 1.54) is 0 Å². The van der Waals surface area contributed by atoms with E-state index in [1.54, 1.807) is 0 Å². The highest BCUT2D eigenvalue weighted by molar-refractivity contribution is 6.63. The summed E-state index contributed by atoms with van der Waals surface area (Å²) in [5, 5.41) is 3.48. The largest absolute Gasteiger partial charge is 0.524 e. The van der Waals surface area contributed by atoms with Gasteiger partial charge in [-0.2, -0.15) is 0 Å². The first kappa shape index (κ1) is 18.0. The van der Waals surface area contributed by atoms with Gasteiger partial charge >= 0.3 is 8.80 Å². The molecule has 120 valence electrons. The van der Waals surface area contributed by atoms with E-state index in [1.807, 2.05) is 45.0 Å². The van der Waals surface area contributed by atoms with Crippen LogP contribution >= 0.6 is 0 Å². The van der Waals surface area contributed by atoms with E-state index >= 15 is 0 Å². The van der Waals surface area contributed by atoms with Crippen molar-refractivity contribution >= 4 is 20.2 Å². The molecule has 3 N–H and O–H groups in total. The zero-order valence-electron chi connectivity index (χ0n) is 13.5. The van der Waals surface area contributed by atoms with Gasteiger partial charge in [0.1, 0.15) is 0 Å². The molecular formula is C15H28N2O3Si. The molecule has 1 unspecified atom stereocenters. The minimum atomic E-state index is -2.76. The van der Waals surface area contributed by atoms with Gasteiger partial charge in [0.2, 0.25) is 0 Å². The van der Waals surface area contributed by atoms with Gasteiger partial charge < -0.3 is 24.3 Å². The van der Waals surface area contributed by atoms with Gasteiger partial charge in [-0.3, -0.25) is 0 Å². The van der Waals surface area contributed by atoms with Crippen molar-refractivity contribution in [2.24, 2.45) is 0 Å². The molecule has 0 bridgehead atoms. The fourth-order valence-corrected chi connectivity index (χ4v) is 5.16. The predicted molar refractivity (Wildman–Crippen MR) is 89.2 cm³/mol. The maximum Gasteiger partial charge on any atom is 0.524 e. The third-order valence-corrected chi connectivity index (χ3v) is 6.60. The molecule has 0 amide bonds. The predicted octanol–water partition coefficient (Wildman–Crippen LogP) is 3.05. The summed E-state index contributed by atoms with van der Waals surface area (Å²) in [4.78, 5) is 0. The summed E-state index contributed by atoms with van der Waals surface area (Å²) in [6.45, 7) is 9.74. The highest BCUT2D eigenvalue weighted by Crippen LogP contribution is 2.22. The fraction of sp³-hybridized carbons (Fsp3) is 0.600. The second-order valence-corrected chi connectivity index (χ2v) is 7.40. The summed E-state index contributed by atoms with van der Waals surface area (Å²) in [6, 6.07) is 7.67. The lowest BCUT2D eigenvalue weighted by atomic mass is 10.3. The quantitative estimate of drug-likeness (QED) is 0.513. The number of rotatable bonds is 10. The average Bonchev–Trinajstić information content (AvgIpc) is 2.47. The zero-order chi connectivity index (χ0) is 15.7. The van der Waals surface area contributed by atoms with Crippen LogP contribution in [0.5, 0.6) is 0 Å². The Morgan fingerprint density at radius 1 is 0.952 bits per heavy atom. The molecule has 0 spiro atoms. The van der Waals surface area contributed by atoms with Crippen molar-refractivity contribution in [3.05, 3.63) is 24.3 Å². The van der Waals surface area contributed by atoms with Gasteiger partial charge in [0.15, 0.2) is 0 Å². The number of nitrogens with one attached hydrogen (secondary N) is 1. The monoisotopic (exact) mass is 312 g/mol. The maximum absolute atomic E-state index is 5.97. The van der Waals surface area contributed by atoms with Crippen LogP contribution in [0.2, 0.25) is 0 Å². The number of hydrogen-bond donors (Lipinski definition) is 2. The number of nitrogen functional groups attached to an aromatic ring is 1. The summed E-state index contributed by atoms with van der Waals surface area (Å²) in [7, 11) is -2.76. The van der Waals surface area contributed by atoms with Crippen LogP contribution in [0.25, 0.3) is 0 Å². The summed E-state index contributed by atoms with van der Waals surface area (Å²) < 4.78 is 17.9. The maximum atomic E-state index is 5.97. The van der Waals surface area contributed by atoms with Crippen molar-refractivity contribution in [1.82, 2.24) is 0 Å². The summed E-state index contributed by atoms with van der Waals surface area (Å²) in [5.74, 6) is 0. The van der Waals surface area contributed by atoms with E-state index in [9.17, 15) is 0 Å². The van der Waals surface area contributed by atoms with Gasteiger partial charge in [0.05, 0.1) is 5.67 Å². The summed E-state index contributed by atoms with van der Waals surface area (Å²) in [5.41, 5.74) is 7.48. The van der Waals surface area contributed by atoms with Gasteiger partial charge in [-0.1, -0.05) is 6.92 Å². The van der Waals surface area contributed by atoms with E-state index in [0.717, 1.165) is 17.8 Å². The lowest BCUT2D eigenvalue weighted by Gasteiger charge is -2.35. The van der Waals surface area contributed by atoms with Crippen LogP contribution in [-0.4, -0.2) is 34.3 Å². The molecule has 0 heterocycles. The normalized spacial score (nSPS) is 13.1. The van der Waals surface area contributed by atoms with E-state index in [-0.39, 0.29) is 5.67 Å². The van der Waals surface area contributed by atoms with Gasteiger partial charge in [0, 0.05) is 31.2 Å². The third kappa shape index (κ3) is 5.00. The Labute approximate surface area is 129 Å². The first-order valence-corrected chi connectivity index (χ1v) is 9.45. The molecule has 1 aromatic rings. The van der Waals surface area contributed by atoms with E-state index in [0.29, 0.717) is 19.8 Å². The van der Waals surface area contributed by atoms with E-state index in [4.69, 9.17) is 19.0 Å². The lowest BCUT2D eigenvalue weighted by molar-refractivity contribution is 0.0639. The molecule has 0 saturated carbocycles. The van der Waals surface area contributed by atoms with Gasteiger partial charge in [-0.15, -0.1) is 0 Å². The van der Waals surface area contributed by atoms with Gasteiger partial charge in [0.25, 0.3) is 0 Å². The number of nitrogens with two attached hydrogens (primary N) is 1. The Kier molecular flexibility index (Phi) is 7.74. The molecule has 1 atom stereocenters.